The van der Waals surface area contributed by atoms with Gasteiger partial charge >= 0.3 is 0 Å². The second-order valence-corrected chi connectivity index (χ2v) is 4.97. The molecule has 0 aromatic rings. The van der Waals surface area contributed by atoms with Crippen LogP contribution in [0.15, 0.2) is 0 Å². The first-order valence-electron chi connectivity index (χ1n) is 6.66. The van der Waals surface area contributed by atoms with E-state index in [1.54, 1.807) is 0 Å². The summed E-state index contributed by atoms with van der Waals surface area (Å²) in [6, 6.07) is 2.03. The van der Waals surface area contributed by atoms with Gasteiger partial charge in [-0.2, -0.15) is 0 Å². The zero-order chi connectivity index (χ0) is 12.0. The zero-order valence-corrected chi connectivity index (χ0v) is 11.3. The third-order valence-corrected chi connectivity index (χ3v) is 3.94. The van der Waals surface area contributed by atoms with E-state index in [0.29, 0.717) is 6.04 Å². The molecular weight excluding hydrogens is 200 g/mol. The van der Waals surface area contributed by atoms with Crippen LogP contribution in [0.5, 0.6) is 0 Å². The van der Waals surface area contributed by atoms with Crippen molar-refractivity contribution in [3.63, 3.8) is 0 Å². The maximum Gasteiger partial charge on any atom is 0.0618 e. The van der Waals surface area contributed by atoms with Gasteiger partial charge in [-0.3, -0.25) is 4.90 Å². The van der Waals surface area contributed by atoms with Crippen LogP contribution in [0.2, 0.25) is 0 Å². The van der Waals surface area contributed by atoms with E-state index in [-0.39, 0.29) is 0 Å². The van der Waals surface area contributed by atoms with E-state index in [4.69, 9.17) is 4.74 Å². The average molecular weight is 228 g/mol. The van der Waals surface area contributed by atoms with Gasteiger partial charge in [0.15, 0.2) is 0 Å². The van der Waals surface area contributed by atoms with E-state index in [2.05, 4.69) is 38.2 Å². The first-order chi connectivity index (χ1) is 7.69. The standard InChI is InChI=1S/C13H28N2O/c1-5-16-10-11(2)15(4)13-8-6-12(14-3)7-9-13/h11-14H,5-10H2,1-4H3. The summed E-state index contributed by atoms with van der Waals surface area (Å²) in [4.78, 5) is 2.50. The lowest BCUT2D eigenvalue weighted by Crippen LogP contribution is -2.45. The highest BCUT2D eigenvalue weighted by Gasteiger charge is 2.25. The van der Waals surface area contributed by atoms with Crippen LogP contribution in [0, 0.1) is 0 Å². The van der Waals surface area contributed by atoms with Gasteiger partial charge in [-0.25, -0.2) is 0 Å². The minimum absolute atomic E-state index is 0.538. The number of likely N-dealkylation sites (N-methyl/N-ethyl adjacent to an activating group) is 1. The van der Waals surface area contributed by atoms with Crippen LogP contribution in [0.4, 0.5) is 0 Å². The summed E-state index contributed by atoms with van der Waals surface area (Å²) in [5.74, 6) is 0. The average Bonchev–Trinajstić information content (AvgIpc) is 2.35. The molecule has 1 aliphatic carbocycles. The normalized spacial score (nSPS) is 28.3. The predicted octanol–water partition coefficient (Wildman–Crippen LogP) is 1.87. The lowest BCUT2D eigenvalue weighted by molar-refractivity contribution is 0.0537. The van der Waals surface area contributed by atoms with Crippen LogP contribution in [0.3, 0.4) is 0 Å². The SMILES string of the molecule is CCOCC(C)N(C)C1CCC(NC)CC1. The molecule has 0 saturated heterocycles. The van der Waals surface area contributed by atoms with Crippen molar-refractivity contribution in [2.45, 2.75) is 57.7 Å². The molecule has 0 heterocycles. The van der Waals surface area contributed by atoms with Crippen molar-refractivity contribution in [3.05, 3.63) is 0 Å². The smallest absolute Gasteiger partial charge is 0.0618 e. The van der Waals surface area contributed by atoms with Crippen LogP contribution in [0.25, 0.3) is 0 Å². The Bertz CT molecular complexity index is 179. The van der Waals surface area contributed by atoms with Crippen molar-refractivity contribution in [1.82, 2.24) is 10.2 Å². The van der Waals surface area contributed by atoms with Gasteiger partial charge in [0.25, 0.3) is 0 Å². The van der Waals surface area contributed by atoms with Gasteiger partial charge in [0.05, 0.1) is 6.61 Å². The molecule has 1 rings (SSSR count). The Hall–Kier alpha value is -0.120. The van der Waals surface area contributed by atoms with Gasteiger partial charge < -0.3 is 10.1 Å². The second-order valence-electron chi connectivity index (χ2n) is 4.97. The van der Waals surface area contributed by atoms with Crippen molar-refractivity contribution in [1.29, 1.82) is 0 Å². The largest absolute Gasteiger partial charge is 0.380 e. The first-order valence-corrected chi connectivity index (χ1v) is 6.66. The summed E-state index contributed by atoms with van der Waals surface area (Å²) < 4.78 is 5.50. The lowest BCUT2D eigenvalue weighted by atomic mass is 9.90. The van der Waals surface area contributed by atoms with E-state index in [9.17, 15) is 0 Å². The maximum absolute atomic E-state index is 5.50. The Morgan fingerprint density at radius 2 is 1.94 bits per heavy atom. The summed E-state index contributed by atoms with van der Waals surface area (Å²) >= 11 is 0. The predicted molar refractivity (Wildman–Crippen MR) is 68.8 cm³/mol. The van der Waals surface area contributed by atoms with Crippen molar-refractivity contribution in [2.24, 2.45) is 0 Å². The van der Waals surface area contributed by atoms with Crippen LogP contribution in [-0.4, -0.2) is 50.3 Å². The van der Waals surface area contributed by atoms with E-state index >= 15 is 0 Å². The highest BCUT2D eigenvalue weighted by Crippen LogP contribution is 2.23. The molecule has 16 heavy (non-hydrogen) atoms. The van der Waals surface area contributed by atoms with E-state index in [1.807, 2.05) is 0 Å². The molecule has 1 unspecified atom stereocenters. The number of hydrogen-bond donors (Lipinski definition) is 1. The highest BCUT2D eigenvalue weighted by molar-refractivity contribution is 4.82. The molecular formula is C13H28N2O. The summed E-state index contributed by atoms with van der Waals surface area (Å²) in [5, 5.41) is 3.38. The Kier molecular flexibility index (Phi) is 6.32. The van der Waals surface area contributed by atoms with E-state index in [0.717, 1.165) is 25.3 Å². The molecule has 0 aromatic heterocycles. The van der Waals surface area contributed by atoms with Crippen molar-refractivity contribution >= 4 is 0 Å². The number of nitrogens with zero attached hydrogens (tertiary/aromatic N) is 1. The summed E-state index contributed by atoms with van der Waals surface area (Å²) in [6.07, 6.45) is 5.26. The lowest BCUT2D eigenvalue weighted by Gasteiger charge is -2.37. The van der Waals surface area contributed by atoms with Crippen LogP contribution in [-0.2, 0) is 4.74 Å². The quantitative estimate of drug-likeness (QED) is 0.751. The van der Waals surface area contributed by atoms with Crippen molar-refractivity contribution in [2.75, 3.05) is 27.3 Å². The molecule has 1 fully saturated rings. The van der Waals surface area contributed by atoms with Crippen molar-refractivity contribution in [3.8, 4) is 0 Å². The van der Waals surface area contributed by atoms with Crippen LogP contribution >= 0.6 is 0 Å². The minimum atomic E-state index is 0.538. The zero-order valence-electron chi connectivity index (χ0n) is 11.3. The molecule has 1 saturated carbocycles. The minimum Gasteiger partial charge on any atom is -0.380 e. The van der Waals surface area contributed by atoms with Gasteiger partial charge in [0.1, 0.15) is 0 Å². The Labute approximate surface area is 101 Å². The van der Waals surface area contributed by atoms with Crippen LogP contribution < -0.4 is 5.32 Å². The van der Waals surface area contributed by atoms with Crippen LogP contribution in [0.1, 0.15) is 39.5 Å². The topological polar surface area (TPSA) is 24.5 Å². The summed E-state index contributed by atoms with van der Waals surface area (Å²) in [6.45, 7) is 6.01. The third-order valence-electron chi connectivity index (χ3n) is 3.94. The van der Waals surface area contributed by atoms with Gasteiger partial charge in [-0.15, -0.1) is 0 Å². The molecule has 1 N–H and O–H groups in total. The molecule has 0 spiro atoms. The van der Waals surface area contributed by atoms with Gasteiger partial charge in [0.2, 0.25) is 0 Å². The Morgan fingerprint density at radius 3 is 2.44 bits per heavy atom. The molecule has 0 amide bonds. The molecule has 0 radical (unpaired) electrons. The van der Waals surface area contributed by atoms with Gasteiger partial charge in [-0.1, -0.05) is 0 Å². The fraction of sp³-hybridized carbons (Fsp3) is 1.00. The molecule has 0 aromatic carbocycles. The fourth-order valence-corrected chi connectivity index (χ4v) is 2.54. The molecule has 1 aliphatic rings. The molecule has 0 aliphatic heterocycles. The molecule has 3 nitrogen and oxygen atoms in total. The van der Waals surface area contributed by atoms with Gasteiger partial charge in [-0.05, 0) is 53.6 Å². The maximum atomic E-state index is 5.50. The summed E-state index contributed by atoms with van der Waals surface area (Å²) in [7, 11) is 4.32. The monoisotopic (exact) mass is 228 g/mol. The van der Waals surface area contributed by atoms with E-state index in [1.165, 1.54) is 25.7 Å². The number of nitrogens with one attached hydrogen (secondary N) is 1. The van der Waals surface area contributed by atoms with Crippen molar-refractivity contribution < 1.29 is 4.74 Å². The number of ether oxygens (including phenoxy) is 1. The first kappa shape index (κ1) is 13.9. The molecule has 3 heteroatoms. The van der Waals surface area contributed by atoms with E-state index < -0.39 is 0 Å². The highest BCUT2D eigenvalue weighted by atomic mass is 16.5. The third kappa shape index (κ3) is 4.04. The fourth-order valence-electron chi connectivity index (χ4n) is 2.54. The second kappa shape index (κ2) is 7.25. The van der Waals surface area contributed by atoms with Gasteiger partial charge in [0, 0.05) is 24.7 Å². The molecule has 96 valence electrons. The number of hydrogen-bond acceptors (Lipinski definition) is 3. The summed E-state index contributed by atoms with van der Waals surface area (Å²) in [5.41, 5.74) is 0. The molecule has 0 bridgehead atoms. The molecule has 1 atom stereocenters. The Morgan fingerprint density at radius 1 is 1.31 bits per heavy atom. The number of rotatable bonds is 6. The Balaban J connectivity index is 2.29.